The van der Waals surface area contributed by atoms with Crippen LogP contribution in [0.2, 0.25) is 0 Å². The summed E-state index contributed by atoms with van der Waals surface area (Å²) in [5, 5.41) is 10.6. The number of ether oxygens (including phenoxy) is 1. The average Bonchev–Trinajstić information content (AvgIpc) is 2.99. The number of rotatable bonds is 4. The summed E-state index contributed by atoms with van der Waals surface area (Å²) < 4.78 is 5.99. The number of aryl methyl sites for hydroxylation is 1. The Morgan fingerprint density at radius 2 is 2.07 bits per heavy atom. The average molecular weight is 371 g/mol. The summed E-state index contributed by atoms with van der Waals surface area (Å²) in [5.74, 6) is 2.18. The van der Waals surface area contributed by atoms with E-state index in [0.717, 1.165) is 44.9 Å². The van der Waals surface area contributed by atoms with E-state index < -0.39 is 0 Å². The molecule has 0 radical (unpaired) electrons. The van der Waals surface area contributed by atoms with Crippen LogP contribution in [0.3, 0.4) is 0 Å². The highest BCUT2D eigenvalue weighted by Gasteiger charge is 2.56. The number of phenols is 1. The second-order valence-corrected chi connectivity index (χ2v) is 9.41. The summed E-state index contributed by atoms with van der Waals surface area (Å²) in [6.07, 6.45) is 9.24. The maximum atomic E-state index is 12.2. The van der Waals surface area contributed by atoms with E-state index in [9.17, 15) is 9.90 Å². The summed E-state index contributed by atoms with van der Waals surface area (Å²) >= 11 is 0. The molecule has 1 aromatic rings. The van der Waals surface area contributed by atoms with E-state index in [4.69, 9.17) is 4.74 Å². The zero-order valence-corrected chi connectivity index (χ0v) is 17.1. The van der Waals surface area contributed by atoms with E-state index in [2.05, 4.69) is 26.8 Å². The molecule has 2 fully saturated rings. The minimum Gasteiger partial charge on any atom is -0.508 e. The monoisotopic (exact) mass is 370 g/mol. The van der Waals surface area contributed by atoms with Gasteiger partial charge in [0.15, 0.2) is 0 Å². The molecule has 1 aromatic carbocycles. The quantitative estimate of drug-likeness (QED) is 0.696. The molecule has 0 aliphatic heterocycles. The fraction of sp³-hybridized carbons (Fsp3) is 0.708. The van der Waals surface area contributed by atoms with Gasteiger partial charge in [-0.3, -0.25) is 4.79 Å². The number of carbonyl (C=O) groups is 1. The van der Waals surface area contributed by atoms with Crippen molar-refractivity contribution >= 4 is 5.97 Å². The summed E-state index contributed by atoms with van der Waals surface area (Å²) in [6, 6.07) is 3.94. The molecular formula is C24H34O3. The zero-order chi connectivity index (χ0) is 19.2. The van der Waals surface area contributed by atoms with Crippen molar-refractivity contribution in [3.8, 4) is 5.75 Å². The summed E-state index contributed by atoms with van der Waals surface area (Å²) in [4.78, 5) is 12.2. The number of aromatic hydroxyl groups is 1. The predicted molar refractivity (Wildman–Crippen MR) is 107 cm³/mol. The van der Waals surface area contributed by atoms with Crippen LogP contribution in [0.15, 0.2) is 12.1 Å². The Balaban J connectivity index is 1.56. The van der Waals surface area contributed by atoms with Gasteiger partial charge < -0.3 is 9.84 Å². The molecule has 27 heavy (non-hydrogen) atoms. The van der Waals surface area contributed by atoms with E-state index >= 15 is 0 Å². The molecule has 5 atom stereocenters. The van der Waals surface area contributed by atoms with E-state index in [0.29, 0.717) is 29.9 Å². The Morgan fingerprint density at radius 1 is 1.26 bits per heavy atom. The maximum absolute atomic E-state index is 12.2. The molecular weight excluding hydrogens is 336 g/mol. The smallest absolute Gasteiger partial charge is 0.306 e. The molecule has 4 rings (SSSR count). The molecule has 148 valence electrons. The van der Waals surface area contributed by atoms with Gasteiger partial charge in [0.1, 0.15) is 11.9 Å². The van der Waals surface area contributed by atoms with Gasteiger partial charge >= 0.3 is 5.97 Å². The lowest BCUT2D eigenvalue weighted by Crippen LogP contribution is -2.45. The Kier molecular flexibility index (Phi) is 4.98. The molecule has 0 heterocycles. The van der Waals surface area contributed by atoms with E-state index in [1.807, 2.05) is 6.07 Å². The lowest BCUT2D eigenvalue weighted by Gasteiger charge is -2.50. The van der Waals surface area contributed by atoms with Crippen molar-refractivity contribution in [1.82, 2.24) is 0 Å². The zero-order valence-electron chi connectivity index (χ0n) is 17.1. The molecule has 0 bridgehead atoms. The predicted octanol–water partition coefficient (Wildman–Crippen LogP) is 5.66. The van der Waals surface area contributed by atoms with Gasteiger partial charge in [0.2, 0.25) is 0 Å². The van der Waals surface area contributed by atoms with E-state index in [1.54, 1.807) is 0 Å². The number of phenolic OH excluding ortho intramolecular Hbond substituents is 1. The van der Waals surface area contributed by atoms with Crippen LogP contribution in [0.1, 0.15) is 87.8 Å². The molecule has 3 aliphatic rings. The Labute approximate surface area is 163 Å². The first-order chi connectivity index (χ1) is 13.0. The third kappa shape index (κ3) is 3.07. The van der Waals surface area contributed by atoms with Crippen molar-refractivity contribution in [2.24, 2.45) is 17.3 Å². The van der Waals surface area contributed by atoms with Crippen molar-refractivity contribution < 1.29 is 14.6 Å². The van der Waals surface area contributed by atoms with E-state index in [1.165, 1.54) is 23.1 Å². The molecule has 1 N–H and O–H groups in total. The third-order valence-corrected chi connectivity index (χ3v) is 8.03. The lowest BCUT2D eigenvalue weighted by molar-refractivity contribution is -0.157. The van der Waals surface area contributed by atoms with Gasteiger partial charge in [-0.15, -0.1) is 0 Å². The van der Waals surface area contributed by atoms with Crippen LogP contribution in [0, 0.1) is 24.2 Å². The largest absolute Gasteiger partial charge is 0.508 e. The van der Waals surface area contributed by atoms with Gasteiger partial charge in [-0.05, 0) is 86.8 Å². The van der Waals surface area contributed by atoms with Crippen LogP contribution < -0.4 is 0 Å². The van der Waals surface area contributed by atoms with Crippen LogP contribution >= 0.6 is 0 Å². The van der Waals surface area contributed by atoms with Gasteiger partial charge in [-0.25, -0.2) is 0 Å². The van der Waals surface area contributed by atoms with Crippen molar-refractivity contribution in [3.63, 3.8) is 0 Å². The van der Waals surface area contributed by atoms with Gasteiger partial charge in [0, 0.05) is 17.4 Å². The number of fused-ring (bicyclic) bond motifs is 5. The second kappa shape index (κ2) is 7.14. The Bertz CT molecular complexity index is 725. The molecule has 3 heteroatoms. The van der Waals surface area contributed by atoms with Crippen LogP contribution in [-0.4, -0.2) is 17.2 Å². The topological polar surface area (TPSA) is 46.5 Å². The third-order valence-electron chi connectivity index (χ3n) is 8.03. The standard InChI is InChI=1S/C24H34O3/c1-4-5-6-22(26)27-21-12-10-19-17-9-8-16-15(2)7-11-20(25)23(16)18(17)13-14-24(19,21)3/h7,11,17-19,21,25H,4-6,8-10,12-14H2,1-3H3/t17-,18+,19+,21+,24+/m0/s1. The number of hydrogen-bond donors (Lipinski definition) is 1. The molecule has 3 aliphatic carbocycles. The fourth-order valence-electron chi connectivity index (χ4n) is 6.55. The highest BCUT2D eigenvalue weighted by atomic mass is 16.5. The number of hydrogen-bond acceptors (Lipinski definition) is 3. The Morgan fingerprint density at radius 3 is 2.85 bits per heavy atom. The lowest BCUT2D eigenvalue weighted by atomic mass is 9.55. The van der Waals surface area contributed by atoms with Gasteiger partial charge in [-0.1, -0.05) is 26.3 Å². The summed E-state index contributed by atoms with van der Waals surface area (Å²) in [7, 11) is 0. The van der Waals surface area contributed by atoms with Gasteiger partial charge in [0.05, 0.1) is 0 Å². The summed E-state index contributed by atoms with van der Waals surface area (Å²) in [6.45, 7) is 6.65. The first-order valence-corrected chi connectivity index (χ1v) is 11.0. The fourth-order valence-corrected chi connectivity index (χ4v) is 6.55. The maximum Gasteiger partial charge on any atom is 0.306 e. The molecule has 0 amide bonds. The second-order valence-electron chi connectivity index (χ2n) is 9.41. The molecule has 2 saturated carbocycles. The minimum absolute atomic E-state index is 0.00638. The molecule has 0 unspecified atom stereocenters. The first kappa shape index (κ1) is 18.8. The molecule has 0 spiro atoms. The number of carbonyl (C=O) groups excluding carboxylic acids is 1. The first-order valence-electron chi connectivity index (χ1n) is 11.0. The molecule has 3 nitrogen and oxygen atoms in total. The number of esters is 1. The summed E-state index contributed by atoms with van der Waals surface area (Å²) in [5.41, 5.74) is 4.06. The SMILES string of the molecule is CCCCC(=O)O[C@@H]1CC[C@@H]2[C@H]3CCc4c(C)ccc(O)c4[C@@H]3CC[C@]21C. The molecule has 0 aromatic heterocycles. The van der Waals surface area contributed by atoms with Crippen molar-refractivity contribution in [2.75, 3.05) is 0 Å². The van der Waals surface area contributed by atoms with Crippen molar-refractivity contribution in [3.05, 3.63) is 28.8 Å². The minimum atomic E-state index is -0.00638. The number of benzene rings is 1. The van der Waals surface area contributed by atoms with Gasteiger partial charge in [-0.2, -0.15) is 0 Å². The Hall–Kier alpha value is -1.51. The van der Waals surface area contributed by atoms with Crippen LogP contribution in [0.25, 0.3) is 0 Å². The van der Waals surface area contributed by atoms with Crippen molar-refractivity contribution in [2.45, 2.75) is 90.6 Å². The number of unbranched alkanes of at least 4 members (excludes halogenated alkanes) is 1. The van der Waals surface area contributed by atoms with Crippen LogP contribution in [0.4, 0.5) is 0 Å². The molecule has 0 saturated heterocycles. The van der Waals surface area contributed by atoms with Crippen LogP contribution in [-0.2, 0) is 16.0 Å². The normalized spacial score (nSPS) is 34.5. The van der Waals surface area contributed by atoms with Crippen LogP contribution in [0.5, 0.6) is 5.75 Å². The highest BCUT2D eigenvalue weighted by molar-refractivity contribution is 5.69. The highest BCUT2D eigenvalue weighted by Crippen LogP contribution is 2.62. The van der Waals surface area contributed by atoms with Crippen molar-refractivity contribution in [1.29, 1.82) is 0 Å². The van der Waals surface area contributed by atoms with E-state index in [-0.39, 0.29) is 17.5 Å². The van der Waals surface area contributed by atoms with Gasteiger partial charge in [0.25, 0.3) is 0 Å².